The van der Waals surface area contributed by atoms with Crippen LogP contribution < -0.4 is 5.73 Å². The first-order valence-corrected chi connectivity index (χ1v) is 6.67. The summed E-state index contributed by atoms with van der Waals surface area (Å²) in [5.74, 6) is -0.331. The first kappa shape index (κ1) is 17.5. The normalized spacial score (nSPS) is 9.59. The van der Waals surface area contributed by atoms with E-state index in [1.54, 1.807) is 43.3 Å². The molecule has 0 aliphatic rings. The van der Waals surface area contributed by atoms with Gasteiger partial charge >= 0.3 is 0 Å². The molecule has 0 bridgehead atoms. The van der Waals surface area contributed by atoms with E-state index in [0.29, 0.717) is 12.1 Å². The van der Waals surface area contributed by atoms with Gasteiger partial charge in [0.25, 0.3) is 5.69 Å². The average molecular weight is 302 g/mol. The highest BCUT2D eigenvalue weighted by Gasteiger charge is 2.20. The largest absolute Gasteiger partial charge is 0.395 e. The highest BCUT2D eigenvalue weighted by Crippen LogP contribution is 2.22. The number of nitro groups is 1. The van der Waals surface area contributed by atoms with Gasteiger partial charge in [-0.25, -0.2) is 0 Å². The number of nitrogens with zero attached hydrogens (tertiary/aromatic N) is 1. The fraction of sp³-hybridized carbons (Fsp3) is 0.188. The molecule has 116 valence electrons. The molecule has 0 saturated carbocycles. The third-order valence-corrected chi connectivity index (χ3v) is 2.76. The lowest BCUT2D eigenvalue weighted by Gasteiger charge is -2.03. The molecule has 0 atom stereocenters. The molecule has 0 radical (unpaired) electrons. The minimum atomic E-state index is -0.525. The van der Waals surface area contributed by atoms with Gasteiger partial charge in [0.15, 0.2) is 5.78 Å². The number of rotatable bonds is 4. The summed E-state index contributed by atoms with van der Waals surface area (Å²) in [6.07, 6.45) is 0. The summed E-state index contributed by atoms with van der Waals surface area (Å²) in [4.78, 5) is 22.6. The third-order valence-electron chi connectivity index (χ3n) is 2.76. The summed E-state index contributed by atoms with van der Waals surface area (Å²) in [7, 11) is 0. The number of aliphatic hydroxyl groups excluding tert-OH is 1. The number of hydrogen-bond acceptors (Lipinski definition) is 5. The molecule has 2 rings (SSSR count). The number of nitro benzene ring substituents is 1. The second-order valence-electron chi connectivity index (χ2n) is 4.49. The molecule has 6 heteroatoms. The summed E-state index contributed by atoms with van der Waals surface area (Å²) in [5.41, 5.74) is 5.96. The summed E-state index contributed by atoms with van der Waals surface area (Å²) >= 11 is 0. The zero-order valence-corrected chi connectivity index (χ0v) is 12.2. The number of benzene rings is 2. The van der Waals surface area contributed by atoms with Crippen LogP contribution in [0.15, 0.2) is 48.5 Å². The maximum absolute atomic E-state index is 12.2. The topological polar surface area (TPSA) is 106 Å². The molecular formula is C16H18N2O4. The van der Waals surface area contributed by atoms with E-state index in [0.717, 1.165) is 5.56 Å². The van der Waals surface area contributed by atoms with Crippen LogP contribution in [-0.2, 0) is 0 Å². The molecular weight excluding hydrogens is 284 g/mol. The average Bonchev–Trinajstić information content (AvgIpc) is 2.55. The van der Waals surface area contributed by atoms with Crippen molar-refractivity contribution >= 4 is 11.5 Å². The minimum absolute atomic E-state index is 0.0972. The van der Waals surface area contributed by atoms with Crippen molar-refractivity contribution in [3.05, 3.63) is 75.3 Å². The number of ketones is 1. The Hall–Kier alpha value is -2.57. The van der Waals surface area contributed by atoms with Crippen molar-refractivity contribution in [2.45, 2.75) is 6.92 Å². The maximum Gasteiger partial charge on any atom is 0.280 e. The monoisotopic (exact) mass is 302 g/mol. The van der Waals surface area contributed by atoms with Crippen molar-refractivity contribution in [3.63, 3.8) is 0 Å². The molecule has 22 heavy (non-hydrogen) atoms. The van der Waals surface area contributed by atoms with E-state index in [2.05, 4.69) is 0 Å². The fourth-order valence-corrected chi connectivity index (χ4v) is 1.73. The zero-order chi connectivity index (χ0) is 16.5. The highest BCUT2D eigenvalue weighted by molar-refractivity contribution is 6.11. The van der Waals surface area contributed by atoms with Gasteiger partial charge in [-0.15, -0.1) is 0 Å². The van der Waals surface area contributed by atoms with E-state index in [4.69, 9.17) is 10.8 Å². The first-order valence-electron chi connectivity index (χ1n) is 6.67. The second kappa shape index (κ2) is 8.66. The van der Waals surface area contributed by atoms with Crippen LogP contribution >= 0.6 is 0 Å². The van der Waals surface area contributed by atoms with E-state index < -0.39 is 4.92 Å². The van der Waals surface area contributed by atoms with Crippen LogP contribution in [0.25, 0.3) is 0 Å². The number of aliphatic hydroxyl groups is 1. The second-order valence-corrected chi connectivity index (χ2v) is 4.49. The Labute approximate surface area is 128 Å². The van der Waals surface area contributed by atoms with Gasteiger partial charge in [-0.05, 0) is 18.6 Å². The Balaban J connectivity index is 0.000000541. The van der Waals surface area contributed by atoms with Gasteiger partial charge < -0.3 is 10.8 Å². The Kier molecular flexibility index (Phi) is 6.88. The van der Waals surface area contributed by atoms with E-state index in [-0.39, 0.29) is 23.6 Å². The maximum atomic E-state index is 12.2. The fourth-order valence-electron chi connectivity index (χ4n) is 1.73. The van der Waals surface area contributed by atoms with E-state index in [1.807, 2.05) is 0 Å². The van der Waals surface area contributed by atoms with Gasteiger partial charge in [-0.1, -0.05) is 36.4 Å². The first-order chi connectivity index (χ1) is 10.5. The standard InChI is InChI=1S/C14H11NO3.C2H7NO/c1-10-7-8-12(13(9-10)15(17)18)14(16)11-5-3-2-4-6-11;3-1-2-4/h2-9H,1H3;4H,1-3H2. The molecule has 0 aliphatic carbocycles. The highest BCUT2D eigenvalue weighted by atomic mass is 16.6. The molecule has 0 saturated heterocycles. The molecule has 0 aliphatic heterocycles. The number of carbonyl (C=O) groups excluding carboxylic acids is 1. The van der Waals surface area contributed by atoms with Crippen LogP contribution in [0.5, 0.6) is 0 Å². The molecule has 0 aromatic heterocycles. The lowest BCUT2D eigenvalue weighted by atomic mass is 10.0. The molecule has 0 fully saturated rings. The quantitative estimate of drug-likeness (QED) is 0.511. The van der Waals surface area contributed by atoms with Crippen LogP contribution in [0.1, 0.15) is 21.5 Å². The van der Waals surface area contributed by atoms with Crippen molar-refractivity contribution < 1.29 is 14.8 Å². The van der Waals surface area contributed by atoms with E-state index >= 15 is 0 Å². The number of hydrogen-bond donors (Lipinski definition) is 2. The SMILES string of the molecule is Cc1ccc(C(=O)c2ccccc2)c([N+](=O)[O-])c1.NCCO. The van der Waals surface area contributed by atoms with Gasteiger partial charge in [0.2, 0.25) is 0 Å². The van der Waals surface area contributed by atoms with Gasteiger partial charge in [0, 0.05) is 18.2 Å². The van der Waals surface area contributed by atoms with Crippen LogP contribution in [0.3, 0.4) is 0 Å². The van der Waals surface area contributed by atoms with Crippen molar-refractivity contribution in [2.24, 2.45) is 5.73 Å². The minimum Gasteiger partial charge on any atom is -0.395 e. The van der Waals surface area contributed by atoms with Gasteiger partial charge in [0.05, 0.1) is 11.5 Å². The van der Waals surface area contributed by atoms with Crippen LogP contribution in [0.2, 0.25) is 0 Å². The van der Waals surface area contributed by atoms with E-state index in [1.165, 1.54) is 12.1 Å². The summed E-state index contributed by atoms with van der Waals surface area (Å²) in [6.45, 7) is 2.23. The molecule has 6 nitrogen and oxygen atoms in total. The van der Waals surface area contributed by atoms with E-state index in [9.17, 15) is 14.9 Å². The Bertz CT molecular complexity index is 640. The number of aryl methyl sites for hydroxylation is 1. The molecule has 0 spiro atoms. The van der Waals surface area contributed by atoms with Crippen molar-refractivity contribution in [1.29, 1.82) is 0 Å². The predicted molar refractivity (Wildman–Crippen MR) is 83.8 cm³/mol. The number of nitrogens with two attached hydrogens (primary N) is 1. The summed E-state index contributed by atoms with van der Waals surface area (Å²) in [6, 6.07) is 13.2. The molecule has 2 aromatic rings. The number of carbonyl (C=O) groups is 1. The van der Waals surface area contributed by atoms with Gasteiger partial charge in [-0.2, -0.15) is 0 Å². The smallest absolute Gasteiger partial charge is 0.280 e. The Morgan fingerprint density at radius 1 is 1.23 bits per heavy atom. The molecule has 0 unspecified atom stereocenters. The van der Waals surface area contributed by atoms with Crippen LogP contribution in [0, 0.1) is 17.0 Å². The molecule has 0 amide bonds. The molecule has 3 N–H and O–H groups in total. The van der Waals surface area contributed by atoms with Gasteiger partial charge in [-0.3, -0.25) is 14.9 Å². The van der Waals surface area contributed by atoms with Crippen LogP contribution in [-0.4, -0.2) is 29.0 Å². The molecule has 0 heterocycles. The van der Waals surface area contributed by atoms with Gasteiger partial charge in [0.1, 0.15) is 5.56 Å². The Morgan fingerprint density at radius 2 is 1.82 bits per heavy atom. The third kappa shape index (κ3) is 4.76. The van der Waals surface area contributed by atoms with Crippen molar-refractivity contribution in [3.8, 4) is 0 Å². The summed E-state index contributed by atoms with van der Waals surface area (Å²) < 4.78 is 0. The lowest BCUT2D eigenvalue weighted by molar-refractivity contribution is -0.385. The molecule has 2 aromatic carbocycles. The zero-order valence-electron chi connectivity index (χ0n) is 12.2. The van der Waals surface area contributed by atoms with Crippen molar-refractivity contribution in [2.75, 3.05) is 13.2 Å². The summed E-state index contributed by atoms with van der Waals surface area (Å²) in [5, 5.41) is 18.7. The predicted octanol–water partition coefficient (Wildman–Crippen LogP) is 2.07. The van der Waals surface area contributed by atoms with Crippen LogP contribution in [0.4, 0.5) is 5.69 Å². The van der Waals surface area contributed by atoms with Crippen molar-refractivity contribution in [1.82, 2.24) is 0 Å². The Morgan fingerprint density at radius 3 is 2.32 bits per heavy atom. The lowest BCUT2D eigenvalue weighted by Crippen LogP contribution is -2.05.